The average molecular weight is 411 g/mol. The van der Waals surface area contributed by atoms with Gasteiger partial charge in [0, 0.05) is 12.1 Å². The zero-order valence-electron chi connectivity index (χ0n) is 11.9. The standard InChI is InChI=1S/C14H21Br2NO3/c1-14(2,3)17-6-9-4-11(15)13(12(16)5-9)20-8-10(19)7-18/h4-5,10,17-19H,6-8H2,1-3H3. The van der Waals surface area contributed by atoms with Gasteiger partial charge in [-0.25, -0.2) is 0 Å². The van der Waals surface area contributed by atoms with Gasteiger partial charge in [-0.2, -0.15) is 0 Å². The van der Waals surface area contributed by atoms with Gasteiger partial charge in [-0.05, 0) is 70.3 Å². The lowest BCUT2D eigenvalue weighted by molar-refractivity contribution is 0.0531. The van der Waals surface area contributed by atoms with Crippen LogP contribution < -0.4 is 10.1 Å². The van der Waals surface area contributed by atoms with Crippen LogP contribution in [0, 0.1) is 0 Å². The maximum Gasteiger partial charge on any atom is 0.147 e. The molecular formula is C14H21Br2NO3. The Morgan fingerprint density at radius 2 is 1.80 bits per heavy atom. The second-order valence-corrected chi connectivity index (χ2v) is 7.35. The van der Waals surface area contributed by atoms with Crippen LogP contribution in [0.4, 0.5) is 0 Å². The summed E-state index contributed by atoms with van der Waals surface area (Å²) in [6, 6.07) is 3.95. The van der Waals surface area contributed by atoms with Crippen LogP contribution in [-0.4, -0.2) is 35.1 Å². The molecule has 0 aliphatic rings. The summed E-state index contributed by atoms with van der Waals surface area (Å²) >= 11 is 6.93. The molecule has 1 aromatic rings. The molecule has 1 rings (SSSR count). The molecule has 1 unspecified atom stereocenters. The third-order valence-electron chi connectivity index (χ3n) is 2.51. The van der Waals surface area contributed by atoms with Crippen LogP contribution in [0.5, 0.6) is 5.75 Å². The van der Waals surface area contributed by atoms with Crippen molar-refractivity contribution in [3.8, 4) is 5.75 Å². The van der Waals surface area contributed by atoms with Gasteiger partial charge in [0.25, 0.3) is 0 Å². The van der Waals surface area contributed by atoms with E-state index in [2.05, 4.69) is 57.9 Å². The molecule has 114 valence electrons. The second-order valence-electron chi connectivity index (χ2n) is 5.64. The molecule has 0 fully saturated rings. The molecule has 1 atom stereocenters. The van der Waals surface area contributed by atoms with Crippen LogP contribution in [-0.2, 0) is 6.54 Å². The van der Waals surface area contributed by atoms with Crippen LogP contribution in [0.25, 0.3) is 0 Å². The second kappa shape index (κ2) is 7.75. The molecule has 0 spiro atoms. The minimum Gasteiger partial charge on any atom is -0.488 e. The molecule has 4 nitrogen and oxygen atoms in total. The van der Waals surface area contributed by atoms with Crippen LogP contribution in [0.2, 0.25) is 0 Å². The topological polar surface area (TPSA) is 61.7 Å². The molecule has 20 heavy (non-hydrogen) atoms. The third-order valence-corrected chi connectivity index (χ3v) is 3.69. The molecule has 0 aromatic heterocycles. The predicted octanol–water partition coefficient (Wildman–Crippen LogP) is 2.83. The molecule has 0 radical (unpaired) electrons. The lowest BCUT2D eigenvalue weighted by Gasteiger charge is -2.21. The summed E-state index contributed by atoms with van der Waals surface area (Å²) in [5, 5.41) is 21.5. The van der Waals surface area contributed by atoms with E-state index in [1.807, 2.05) is 12.1 Å². The van der Waals surface area contributed by atoms with Gasteiger partial charge >= 0.3 is 0 Å². The van der Waals surface area contributed by atoms with E-state index in [0.29, 0.717) is 5.75 Å². The Labute approximate surface area is 136 Å². The summed E-state index contributed by atoms with van der Waals surface area (Å²) < 4.78 is 7.11. The Balaban J connectivity index is 2.76. The van der Waals surface area contributed by atoms with Gasteiger partial charge in [-0.1, -0.05) is 0 Å². The van der Waals surface area contributed by atoms with Crippen molar-refractivity contribution < 1.29 is 14.9 Å². The SMILES string of the molecule is CC(C)(C)NCc1cc(Br)c(OCC(O)CO)c(Br)c1. The van der Waals surface area contributed by atoms with Gasteiger partial charge in [-0.3, -0.25) is 0 Å². The maximum absolute atomic E-state index is 9.31. The van der Waals surface area contributed by atoms with E-state index in [4.69, 9.17) is 9.84 Å². The molecule has 1 aromatic carbocycles. The van der Waals surface area contributed by atoms with E-state index < -0.39 is 6.10 Å². The summed E-state index contributed by atoms with van der Waals surface area (Å²) in [5.74, 6) is 0.622. The summed E-state index contributed by atoms with van der Waals surface area (Å²) in [4.78, 5) is 0. The molecule has 6 heteroatoms. The number of rotatable bonds is 6. The summed E-state index contributed by atoms with van der Waals surface area (Å²) in [7, 11) is 0. The highest BCUT2D eigenvalue weighted by atomic mass is 79.9. The first kappa shape index (κ1) is 17.9. The lowest BCUT2D eigenvalue weighted by Crippen LogP contribution is -2.35. The lowest BCUT2D eigenvalue weighted by atomic mass is 10.1. The highest BCUT2D eigenvalue weighted by Crippen LogP contribution is 2.35. The smallest absolute Gasteiger partial charge is 0.147 e. The molecule has 0 bridgehead atoms. The van der Waals surface area contributed by atoms with Crippen molar-refractivity contribution in [3.05, 3.63) is 26.6 Å². The molecule has 0 amide bonds. The quantitative estimate of drug-likeness (QED) is 0.674. The number of hydrogen-bond acceptors (Lipinski definition) is 4. The highest BCUT2D eigenvalue weighted by Gasteiger charge is 2.13. The van der Waals surface area contributed by atoms with Crippen molar-refractivity contribution in [1.82, 2.24) is 5.32 Å². The fourth-order valence-electron chi connectivity index (χ4n) is 1.45. The largest absolute Gasteiger partial charge is 0.488 e. The number of nitrogens with one attached hydrogen (secondary N) is 1. The van der Waals surface area contributed by atoms with E-state index in [1.54, 1.807) is 0 Å². The molecule has 3 N–H and O–H groups in total. The number of hydrogen-bond donors (Lipinski definition) is 3. The molecule has 0 aliphatic heterocycles. The normalized spacial score (nSPS) is 13.3. The fraction of sp³-hybridized carbons (Fsp3) is 0.571. The molecule has 0 aliphatic carbocycles. The maximum atomic E-state index is 9.31. The van der Waals surface area contributed by atoms with Crippen molar-refractivity contribution >= 4 is 31.9 Å². The minimum atomic E-state index is -0.879. The monoisotopic (exact) mass is 409 g/mol. The molecular weight excluding hydrogens is 390 g/mol. The number of benzene rings is 1. The summed E-state index contributed by atoms with van der Waals surface area (Å²) in [6.45, 7) is 6.83. The van der Waals surface area contributed by atoms with Gasteiger partial charge in [0.1, 0.15) is 18.5 Å². The van der Waals surface area contributed by atoms with E-state index in [-0.39, 0.29) is 18.8 Å². The Hall–Kier alpha value is -0.140. The Kier molecular flexibility index (Phi) is 6.94. The Bertz CT molecular complexity index is 424. The summed E-state index contributed by atoms with van der Waals surface area (Å²) in [5.41, 5.74) is 1.17. The number of halogens is 2. The zero-order valence-corrected chi connectivity index (χ0v) is 15.1. The third kappa shape index (κ3) is 6.10. The number of aliphatic hydroxyl groups excluding tert-OH is 2. The minimum absolute atomic E-state index is 0.0489. The fourth-order valence-corrected chi connectivity index (χ4v) is 2.96. The van der Waals surface area contributed by atoms with Crippen molar-refractivity contribution in [2.75, 3.05) is 13.2 Å². The van der Waals surface area contributed by atoms with Crippen LogP contribution in [0.3, 0.4) is 0 Å². The number of ether oxygens (including phenoxy) is 1. The van der Waals surface area contributed by atoms with Crippen LogP contribution >= 0.6 is 31.9 Å². The van der Waals surface area contributed by atoms with Crippen LogP contribution in [0.1, 0.15) is 26.3 Å². The molecule has 0 saturated carbocycles. The van der Waals surface area contributed by atoms with E-state index in [1.165, 1.54) is 0 Å². The predicted molar refractivity (Wildman–Crippen MR) is 87.0 cm³/mol. The van der Waals surface area contributed by atoms with Gasteiger partial charge in [-0.15, -0.1) is 0 Å². The highest BCUT2D eigenvalue weighted by molar-refractivity contribution is 9.11. The molecule has 0 heterocycles. The summed E-state index contributed by atoms with van der Waals surface area (Å²) in [6.07, 6.45) is -0.879. The first-order valence-corrected chi connectivity index (χ1v) is 7.96. The van der Waals surface area contributed by atoms with Crippen molar-refractivity contribution in [2.24, 2.45) is 0 Å². The van der Waals surface area contributed by atoms with E-state index in [0.717, 1.165) is 21.1 Å². The zero-order chi connectivity index (χ0) is 15.3. The van der Waals surface area contributed by atoms with Crippen molar-refractivity contribution in [2.45, 2.75) is 39.0 Å². The van der Waals surface area contributed by atoms with Gasteiger partial charge in [0.2, 0.25) is 0 Å². The average Bonchev–Trinajstić information content (AvgIpc) is 2.34. The number of aliphatic hydroxyl groups is 2. The molecule has 0 saturated heterocycles. The first-order chi connectivity index (χ1) is 9.23. The first-order valence-electron chi connectivity index (χ1n) is 6.37. The van der Waals surface area contributed by atoms with Gasteiger partial charge in [0.05, 0.1) is 15.6 Å². The Morgan fingerprint density at radius 1 is 1.25 bits per heavy atom. The van der Waals surface area contributed by atoms with Crippen molar-refractivity contribution in [1.29, 1.82) is 0 Å². The van der Waals surface area contributed by atoms with E-state index >= 15 is 0 Å². The van der Waals surface area contributed by atoms with E-state index in [9.17, 15) is 5.11 Å². The van der Waals surface area contributed by atoms with Crippen LogP contribution in [0.15, 0.2) is 21.1 Å². The Morgan fingerprint density at radius 3 is 2.25 bits per heavy atom. The van der Waals surface area contributed by atoms with Gasteiger partial charge in [0.15, 0.2) is 0 Å². The van der Waals surface area contributed by atoms with Crippen molar-refractivity contribution in [3.63, 3.8) is 0 Å². The van der Waals surface area contributed by atoms with Gasteiger partial charge < -0.3 is 20.3 Å².